The van der Waals surface area contributed by atoms with Crippen molar-refractivity contribution in [1.29, 1.82) is 5.26 Å². The fourth-order valence-electron chi connectivity index (χ4n) is 0.796. The molecule has 0 aliphatic rings. The fraction of sp³-hybridized carbons (Fsp3) is 0.750. The van der Waals surface area contributed by atoms with Gasteiger partial charge >= 0.3 is 5.97 Å². The Morgan fingerprint density at radius 2 is 2.36 bits per heavy atom. The predicted molar refractivity (Wildman–Crippen MR) is 40.7 cm³/mol. The first kappa shape index (κ1) is 9.96. The molecule has 0 aromatic heterocycles. The van der Waals surface area contributed by atoms with Crippen molar-refractivity contribution < 1.29 is 9.53 Å². The predicted octanol–water partition coefficient (Wildman–Crippen LogP) is 1.63. The third kappa shape index (κ3) is 5.41. The number of nitriles is 1. The smallest absolute Gasteiger partial charge is 0.320 e. The second-order valence-electron chi connectivity index (χ2n) is 2.42. The van der Waals surface area contributed by atoms with Crippen LogP contribution in [-0.4, -0.2) is 12.1 Å². The lowest BCUT2D eigenvalue weighted by Crippen LogP contribution is -2.13. The summed E-state index contributed by atoms with van der Waals surface area (Å²) in [5.41, 5.74) is 0. The molecular weight excluding hydrogens is 142 g/mol. The number of hydrogen-bond acceptors (Lipinski definition) is 3. The van der Waals surface area contributed by atoms with E-state index in [9.17, 15) is 4.79 Å². The first-order valence-electron chi connectivity index (χ1n) is 3.77. The molecule has 0 saturated carbocycles. The Balaban J connectivity index is 3.50. The molecule has 0 aliphatic heterocycles. The SMILES string of the molecule is CCCC(C)OC(=O)CC#N. The number of hydrogen-bond donors (Lipinski definition) is 0. The molecule has 3 heteroatoms. The number of nitrogens with zero attached hydrogens (tertiary/aromatic N) is 1. The van der Waals surface area contributed by atoms with Crippen LogP contribution < -0.4 is 0 Å². The largest absolute Gasteiger partial charge is 0.462 e. The Kier molecular flexibility index (Phi) is 5.18. The van der Waals surface area contributed by atoms with Gasteiger partial charge in [-0.2, -0.15) is 5.26 Å². The first-order valence-corrected chi connectivity index (χ1v) is 3.77. The van der Waals surface area contributed by atoms with Crippen LogP contribution in [-0.2, 0) is 9.53 Å². The Bertz CT molecular complexity index is 160. The van der Waals surface area contributed by atoms with E-state index in [1.807, 2.05) is 13.8 Å². The Hall–Kier alpha value is -1.04. The zero-order valence-corrected chi connectivity index (χ0v) is 6.96. The molecule has 0 aromatic carbocycles. The maximum Gasteiger partial charge on any atom is 0.320 e. The summed E-state index contributed by atoms with van der Waals surface area (Å²) < 4.78 is 4.87. The molecule has 0 fully saturated rings. The van der Waals surface area contributed by atoms with Gasteiger partial charge in [-0.1, -0.05) is 13.3 Å². The molecule has 1 unspecified atom stereocenters. The van der Waals surface area contributed by atoms with Gasteiger partial charge in [0, 0.05) is 0 Å². The lowest BCUT2D eigenvalue weighted by molar-refractivity contribution is -0.147. The van der Waals surface area contributed by atoms with Crippen LogP contribution in [0.25, 0.3) is 0 Å². The summed E-state index contributed by atoms with van der Waals surface area (Å²) in [5, 5.41) is 8.13. The van der Waals surface area contributed by atoms with Gasteiger partial charge in [0.15, 0.2) is 0 Å². The zero-order valence-electron chi connectivity index (χ0n) is 6.96. The number of ether oxygens (including phenoxy) is 1. The third-order valence-corrected chi connectivity index (χ3v) is 1.25. The summed E-state index contributed by atoms with van der Waals surface area (Å²) in [6.07, 6.45) is 1.65. The summed E-state index contributed by atoms with van der Waals surface area (Å²) in [4.78, 5) is 10.7. The molecule has 0 aliphatic carbocycles. The normalized spacial score (nSPS) is 11.7. The monoisotopic (exact) mass is 155 g/mol. The summed E-state index contributed by atoms with van der Waals surface area (Å²) in [7, 11) is 0. The average Bonchev–Trinajstić information content (AvgIpc) is 1.87. The van der Waals surface area contributed by atoms with Gasteiger partial charge in [-0.15, -0.1) is 0 Å². The quantitative estimate of drug-likeness (QED) is 0.580. The highest BCUT2D eigenvalue weighted by Crippen LogP contribution is 2.01. The first-order chi connectivity index (χ1) is 5.20. The molecule has 0 amide bonds. The highest BCUT2D eigenvalue weighted by atomic mass is 16.5. The summed E-state index contributed by atoms with van der Waals surface area (Å²) >= 11 is 0. The van der Waals surface area contributed by atoms with Crippen molar-refractivity contribution in [3.8, 4) is 6.07 Å². The number of esters is 1. The van der Waals surface area contributed by atoms with Gasteiger partial charge in [0.1, 0.15) is 6.42 Å². The lowest BCUT2D eigenvalue weighted by atomic mass is 10.2. The van der Waals surface area contributed by atoms with Gasteiger partial charge in [0.25, 0.3) is 0 Å². The molecule has 0 spiro atoms. The molecule has 0 rings (SSSR count). The number of rotatable bonds is 4. The Morgan fingerprint density at radius 1 is 1.73 bits per heavy atom. The van der Waals surface area contributed by atoms with Crippen LogP contribution in [0, 0.1) is 11.3 Å². The van der Waals surface area contributed by atoms with Gasteiger partial charge in [-0.05, 0) is 13.3 Å². The minimum Gasteiger partial charge on any atom is -0.462 e. The lowest BCUT2D eigenvalue weighted by Gasteiger charge is -2.09. The van der Waals surface area contributed by atoms with E-state index < -0.39 is 5.97 Å². The van der Waals surface area contributed by atoms with Gasteiger partial charge in [-0.25, -0.2) is 0 Å². The van der Waals surface area contributed by atoms with E-state index in [-0.39, 0.29) is 12.5 Å². The van der Waals surface area contributed by atoms with Crippen molar-refractivity contribution in [2.75, 3.05) is 0 Å². The molecule has 0 saturated heterocycles. The van der Waals surface area contributed by atoms with Gasteiger partial charge in [0.2, 0.25) is 0 Å². The maximum atomic E-state index is 10.7. The second-order valence-corrected chi connectivity index (χ2v) is 2.42. The van der Waals surface area contributed by atoms with Crippen molar-refractivity contribution in [2.24, 2.45) is 0 Å². The van der Waals surface area contributed by atoms with E-state index in [0.29, 0.717) is 0 Å². The van der Waals surface area contributed by atoms with Crippen LogP contribution in [0.2, 0.25) is 0 Å². The molecule has 1 atom stereocenters. The molecule has 62 valence electrons. The van der Waals surface area contributed by atoms with Crippen LogP contribution in [0.4, 0.5) is 0 Å². The molecule has 0 bridgehead atoms. The zero-order chi connectivity index (χ0) is 8.69. The molecule has 0 heterocycles. The van der Waals surface area contributed by atoms with Crippen molar-refractivity contribution in [2.45, 2.75) is 39.2 Å². The van der Waals surface area contributed by atoms with Crippen molar-refractivity contribution in [3.63, 3.8) is 0 Å². The molecule has 0 aromatic rings. The maximum absolute atomic E-state index is 10.7. The third-order valence-electron chi connectivity index (χ3n) is 1.25. The standard InChI is InChI=1S/C8H13NO2/c1-3-4-7(2)11-8(10)5-6-9/h7H,3-5H2,1-2H3. The van der Waals surface area contributed by atoms with E-state index in [1.165, 1.54) is 0 Å². The summed E-state index contributed by atoms with van der Waals surface area (Å²) in [6.45, 7) is 3.85. The second kappa shape index (κ2) is 5.72. The Labute approximate surface area is 67.0 Å². The average molecular weight is 155 g/mol. The van der Waals surface area contributed by atoms with Crippen molar-refractivity contribution in [3.05, 3.63) is 0 Å². The highest BCUT2D eigenvalue weighted by molar-refractivity contribution is 5.71. The van der Waals surface area contributed by atoms with Crippen LogP contribution in [0.15, 0.2) is 0 Å². The van der Waals surface area contributed by atoms with E-state index in [1.54, 1.807) is 6.07 Å². The molecule has 11 heavy (non-hydrogen) atoms. The van der Waals surface area contributed by atoms with E-state index in [4.69, 9.17) is 10.00 Å². The number of carbonyl (C=O) groups excluding carboxylic acids is 1. The van der Waals surface area contributed by atoms with Crippen LogP contribution in [0.1, 0.15) is 33.1 Å². The van der Waals surface area contributed by atoms with E-state index >= 15 is 0 Å². The van der Waals surface area contributed by atoms with Crippen LogP contribution in [0.5, 0.6) is 0 Å². The van der Waals surface area contributed by atoms with Gasteiger partial charge in [-0.3, -0.25) is 4.79 Å². The fourth-order valence-corrected chi connectivity index (χ4v) is 0.796. The summed E-state index contributed by atoms with van der Waals surface area (Å²) in [6, 6.07) is 1.74. The van der Waals surface area contributed by atoms with Gasteiger partial charge < -0.3 is 4.74 Å². The van der Waals surface area contributed by atoms with E-state index in [0.717, 1.165) is 12.8 Å². The molecule has 3 nitrogen and oxygen atoms in total. The van der Waals surface area contributed by atoms with Gasteiger partial charge in [0.05, 0.1) is 12.2 Å². The van der Waals surface area contributed by atoms with E-state index in [2.05, 4.69) is 0 Å². The molecular formula is C8H13NO2. The highest BCUT2D eigenvalue weighted by Gasteiger charge is 2.06. The van der Waals surface area contributed by atoms with Crippen LogP contribution in [0.3, 0.4) is 0 Å². The van der Waals surface area contributed by atoms with Crippen LogP contribution >= 0.6 is 0 Å². The topological polar surface area (TPSA) is 50.1 Å². The minimum absolute atomic E-state index is 0.0548. The number of carbonyl (C=O) groups is 1. The van der Waals surface area contributed by atoms with Crippen molar-refractivity contribution >= 4 is 5.97 Å². The van der Waals surface area contributed by atoms with Crippen molar-refractivity contribution in [1.82, 2.24) is 0 Å². The summed E-state index contributed by atoms with van der Waals surface area (Å²) in [5.74, 6) is -0.423. The minimum atomic E-state index is -0.423. The molecule has 0 N–H and O–H groups in total. The molecule has 0 radical (unpaired) electrons. The Morgan fingerprint density at radius 3 is 2.82 bits per heavy atom.